The summed E-state index contributed by atoms with van der Waals surface area (Å²) in [6, 6.07) is 10.3. The van der Waals surface area contributed by atoms with Gasteiger partial charge in [0.05, 0.1) is 5.69 Å². The monoisotopic (exact) mass is 350 g/mol. The molecule has 0 aliphatic carbocycles. The van der Waals surface area contributed by atoms with Gasteiger partial charge in [-0.05, 0) is 29.8 Å². The van der Waals surface area contributed by atoms with Gasteiger partial charge < -0.3 is 10.1 Å². The van der Waals surface area contributed by atoms with Crippen molar-refractivity contribution in [3.8, 4) is 0 Å². The second-order valence-electron chi connectivity index (χ2n) is 4.35. The second kappa shape index (κ2) is 8.31. The number of rotatable bonds is 5. The molecule has 7 heteroatoms. The van der Waals surface area contributed by atoms with E-state index in [1.165, 1.54) is 18.3 Å². The highest BCUT2D eigenvalue weighted by atomic mass is 35.5. The maximum atomic E-state index is 11.7. The number of anilines is 1. The van der Waals surface area contributed by atoms with Crippen LogP contribution in [-0.2, 0) is 14.3 Å². The van der Waals surface area contributed by atoms with Gasteiger partial charge in [-0.25, -0.2) is 9.78 Å². The number of carbonyl (C=O) groups excluding carboxylic acids is 2. The van der Waals surface area contributed by atoms with Crippen LogP contribution in [0.15, 0.2) is 48.7 Å². The highest BCUT2D eigenvalue weighted by Gasteiger charge is 2.08. The first-order valence-electron chi connectivity index (χ1n) is 6.56. The number of carbonyl (C=O) groups is 2. The summed E-state index contributed by atoms with van der Waals surface area (Å²) >= 11 is 11.8. The molecule has 0 saturated heterocycles. The van der Waals surface area contributed by atoms with Gasteiger partial charge in [0.2, 0.25) is 0 Å². The number of hydrogen-bond acceptors (Lipinski definition) is 4. The number of hydrogen-bond donors (Lipinski definition) is 1. The largest absolute Gasteiger partial charge is 0.452 e. The number of halogens is 2. The number of benzene rings is 1. The number of ether oxygens (including phenoxy) is 1. The first-order chi connectivity index (χ1) is 11.1. The summed E-state index contributed by atoms with van der Waals surface area (Å²) in [5.74, 6) is -1.17. The molecule has 1 amide bonds. The van der Waals surface area contributed by atoms with E-state index in [1.54, 1.807) is 36.4 Å². The minimum Gasteiger partial charge on any atom is -0.452 e. The molecule has 2 rings (SSSR count). The predicted molar refractivity (Wildman–Crippen MR) is 89.3 cm³/mol. The van der Waals surface area contributed by atoms with Gasteiger partial charge >= 0.3 is 5.97 Å². The molecule has 0 atom stereocenters. The van der Waals surface area contributed by atoms with Crippen LogP contribution < -0.4 is 5.32 Å². The van der Waals surface area contributed by atoms with Crippen LogP contribution in [-0.4, -0.2) is 23.5 Å². The average Bonchev–Trinajstić information content (AvgIpc) is 2.54. The SMILES string of the molecule is O=C(COC(=O)C=Cc1ccccc1Cl)Nc1cccnc1Cl. The zero-order chi connectivity index (χ0) is 16.7. The summed E-state index contributed by atoms with van der Waals surface area (Å²) in [5, 5.41) is 3.17. The Balaban J connectivity index is 1.83. The number of aromatic nitrogens is 1. The minimum atomic E-state index is -0.655. The molecule has 0 aliphatic rings. The van der Waals surface area contributed by atoms with Crippen LogP contribution in [0.3, 0.4) is 0 Å². The van der Waals surface area contributed by atoms with Crippen molar-refractivity contribution in [2.24, 2.45) is 0 Å². The summed E-state index contributed by atoms with van der Waals surface area (Å²) in [6.07, 6.45) is 4.21. The molecule has 23 heavy (non-hydrogen) atoms. The molecule has 0 unspecified atom stereocenters. The van der Waals surface area contributed by atoms with E-state index in [0.717, 1.165) is 0 Å². The molecule has 0 fully saturated rings. The van der Waals surface area contributed by atoms with Crippen LogP contribution in [0.1, 0.15) is 5.56 Å². The molecule has 1 heterocycles. The topological polar surface area (TPSA) is 68.3 Å². The van der Waals surface area contributed by atoms with Gasteiger partial charge in [0, 0.05) is 17.3 Å². The number of pyridine rings is 1. The molecule has 1 aromatic carbocycles. The van der Waals surface area contributed by atoms with Crippen molar-refractivity contribution in [3.05, 3.63) is 64.4 Å². The molecule has 118 valence electrons. The Morgan fingerprint density at radius 1 is 1.17 bits per heavy atom. The summed E-state index contributed by atoms with van der Waals surface area (Å²) in [5.41, 5.74) is 1.03. The maximum absolute atomic E-state index is 11.7. The zero-order valence-corrected chi connectivity index (χ0v) is 13.3. The third-order valence-corrected chi connectivity index (χ3v) is 3.33. The first kappa shape index (κ1) is 17.0. The van der Waals surface area contributed by atoms with Crippen molar-refractivity contribution in [1.82, 2.24) is 4.98 Å². The molecular formula is C16H12Cl2N2O3. The smallest absolute Gasteiger partial charge is 0.331 e. The highest BCUT2D eigenvalue weighted by molar-refractivity contribution is 6.32. The third-order valence-electron chi connectivity index (χ3n) is 2.68. The van der Waals surface area contributed by atoms with Crippen LogP contribution in [0.5, 0.6) is 0 Å². The highest BCUT2D eigenvalue weighted by Crippen LogP contribution is 2.17. The Bertz CT molecular complexity index is 748. The van der Waals surface area contributed by atoms with Gasteiger partial charge in [-0.15, -0.1) is 0 Å². The van der Waals surface area contributed by atoms with E-state index in [9.17, 15) is 9.59 Å². The van der Waals surface area contributed by atoms with Crippen LogP contribution in [0.2, 0.25) is 10.2 Å². The van der Waals surface area contributed by atoms with Gasteiger partial charge in [-0.2, -0.15) is 0 Å². The molecule has 5 nitrogen and oxygen atoms in total. The predicted octanol–water partition coefficient (Wildman–Crippen LogP) is 3.58. The molecular weight excluding hydrogens is 339 g/mol. The van der Waals surface area contributed by atoms with E-state index in [1.807, 2.05) is 0 Å². The standard InChI is InChI=1S/C16H12Cl2N2O3/c17-12-5-2-1-4-11(12)7-8-15(22)23-10-14(21)20-13-6-3-9-19-16(13)18/h1-9H,10H2,(H,20,21). The summed E-state index contributed by atoms with van der Waals surface area (Å²) in [4.78, 5) is 27.1. The molecule has 0 spiro atoms. The van der Waals surface area contributed by atoms with Gasteiger partial charge in [-0.1, -0.05) is 41.4 Å². The number of nitrogens with one attached hydrogen (secondary N) is 1. The fraction of sp³-hybridized carbons (Fsp3) is 0.0625. The Hall–Kier alpha value is -2.37. The Labute approximate surface area is 142 Å². The molecule has 0 saturated carbocycles. The van der Waals surface area contributed by atoms with Gasteiger partial charge in [0.1, 0.15) is 0 Å². The van der Waals surface area contributed by atoms with E-state index in [4.69, 9.17) is 27.9 Å². The van der Waals surface area contributed by atoms with Crippen LogP contribution in [0, 0.1) is 0 Å². The molecule has 1 N–H and O–H groups in total. The summed E-state index contributed by atoms with van der Waals surface area (Å²) in [6.45, 7) is -0.434. The Kier molecular flexibility index (Phi) is 6.14. The normalized spacial score (nSPS) is 10.5. The second-order valence-corrected chi connectivity index (χ2v) is 5.12. The number of amides is 1. The summed E-state index contributed by atoms with van der Waals surface area (Å²) in [7, 11) is 0. The van der Waals surface area contributed by atoms with E-state index in [2.05, 4.69) is 10.3 Å². The van der Waals surface area contributed by atoms with Gasteiger partial charge in [0.15, 0.2) is 11.8 Å². The third kappa shape index (κ3) is 5.39. The van der Waals surface area contributed by atoms with Crippen molar-refractivity contribution in [3.63, 3.8) is 0 Å². The lowest BCUT2D eigenvalue weighted by atomic mass is 10.2. The molecule has 0 bridgehead atoms. The van der Waals surface area contributed by atoms with Crippen molar-refractivity contribution in [1.29, 1.82) is 0 Å². The van der Waals surface area contributed by atoms with E-state index in [-0.39, 0.29) is 5.15 Å². The van der Waals surface area contributed by atoms with Gasteiger partial charge in [-0.3, -0.25) is 4.79 Å². The lowest BCUT2D eigenvalue weighted by molar-refractivity contribution is -0.142. The van der Waals surface area contributed by atoms with Crippen molar-refractivity contribution in [2.45, 2.75) is 0 Å². The minimum absolute atomic E-state index is 0.158. The van der Waals surface area contributed by atoms with Crippen LogP contribution >= 0.6 is 23.2 Å². The van der Waals surface area contributed by atoms with Crippen molar-refractivity contribution >= 4 is 46.8 Å². The van der Waals surface area contributed by atoms with Crippen LogP contribution in [0.25, 0.3) is 6.08 Å². The quantitative estimate of drug-likeness (QED) is 0.508. The Morgan fingerprint density at radius 3 is 2.70 bits per heavy atom. The van der Waals surface area contributed by atoms with Crippen molar-refractivity contribution < 1.29 is 14.3 Å². The molecule has 0 radical (unpaired) electrons. The van der Waals surface area contributed by atoms with E-state index >= 15 is 0 Å². The maximum Gasteiger partial charge on any atom is 0.331 e. The number of nitrogens with zero attached hydrogens (tertiary/aromatic N) is 1. The van der Waals surface area contributed by atoms with Crippen LogP contribution in [0.4, 0.5) is 5.69 Å². The average molecular weight is 351 g/mol. The van der Waals surface area contributed by atoms with E-state index < -0.39 is 18.5 Å². The van der Waals surface area contributed by atoms with Crippen molar-refractivity contribution in [2.75, 3.05) is 11.9 Å². The summed E-state index contributed by atoms with van der Waals surface area (Å²) < 4.78 is 4.83. The molecule has 1 aromatic heterocycles. The zero-order valence-electron chi connectivity index (χ0n) is 11.8. The lowest BCUT2D eigenvalue weighted by Gasteiger charge is -2.06. The fourth-order valence-corrected chi connectivity index (χ4v) is 1.98. The Morgan fingerprint density at radius 2 is 1.96 bits per heavy atom. The first-order valence-corrected chi connectivity index (χ1v) is 7.31. The lowest BCUT2D eigenvalue weighted by Crippen LogP contribution is -2.20. The number of esters is 1. The van der Waals surface area contributed by atoms with E-state index in [0.29, 0.717) is 16.3 Å². The molecule has 0 aliphatic heterocycles. The fourth-order valence-electron chi connectivity index (χ4n) is 1.62. The molecule has 2 aromatic rings. The van der Waals surface area contributed by atoms with Gasteiger partial charge in [0.25, 0.3) is 5.91 Å².